The molecule has 0 fully saturated rings. The van der Waals surface area contributed by atoms with Gasteiger partial charge >= 0.3 is 5.69 Å². The lowest BCUT2D eigenvalue weighted by Crippen LogP contribution is -2.25. The standard InChI is InChI=1S/C13H14N4O2/c18-17(19)12-9-14-16(10-12)8-7-15-6-5-11-3-1-2-4-13(11)15/h1-4,9-10H,5-8H2. The molecule has 6 heteroatoms. The first-order valence-electron chi connectivity index (χ1n) is 6.24. The summed E-state index contributed by atoms with van der Waals surface area (Å²) in [6, 6.07) is 8.36. The van der Waals surface area contributed by atoms with E-state index < -0.39 is 4.92 Å². The number of para-hydroxylation sites is 1. The third kappa shape index (κ3) is 2.29. The van der Waals surface area contributed by atoms with Crippen LogP contribution in [0.3, 0.4) is 0 Å². The van der Waals surface area contributed by atoms with Crippen LogP contribution < -0.4 is 4.90 Å². The average molecular weight is 258 g/mol. The van der Waals surface area contributed by atoms with Crippen LogP contribution in [-0.4, -0.2) is 27.8 Å². The van der Waals surface area contributed by atoms with E-state index in [0.717, 1.165) is 19.5 Å². The zero-order chi connectivity index (χ0) is 13.2. The largest absolute Gasteiger partial charge is 0.369 e. The number of hydrogen-bond acceptors (Lipinski definition) is 4. The Hall–Kier alpha value is -2.37. The molecule has 2 aromatic rings. The first-order valence-corrected chi connectivity index (χ1v) is 6.24. The summed E-state index contributed by atoms with van der Waals surface area (Å²) in [5.41, 5.74) is 2.68. The molecular weight excluding hydrogens is 244 g/mol. The summed E-state index contributed by atoms with van der Waals surface area (Å²) >= 11 is 0. The second-order valence-electron chi connectivity index (χ2n) is 4.58. The Labute approximate surface area is 110 Å². The van der Waals surface area contributed by atoms with Crippen LogP contribution >= 0.6 is 0 Å². The van der Waals surface area contributed by atoms with E-state index in [1.165, 1.54) is 23.6 Å². The van der Waals surface area contributed by atoms with Crippen LogP contribution in [0.5, 0.6) is 0 Å². The molecule has 0 atom stereocenters. The number of rotatable bonds is 4. The van der Waals surface area contributed by atoms with Gasteiger partial charge in [-0.15, -0.1) is 0 Å². The van der Waals surface area contributed by atoms with Gasteiger partial charge in [0, 0.05) is 18.8 Å². The normalized spacial score (nSPS) is 13.6. The van der Waals surface area contributed by atoms with E-state index >= 15 is 0 Å². The fourth-order valence-corrected chi connectivity index (χ4v) is 2.43. The van der Waals surface area contributed by atoms with Gasteiger partial charge in [0.2, 0.25) is 0 Å². The molecule has 1 aromatic carbocycles. The maximum atomic E-state index is 10.6. The second kappa shape index (κ2) is 4.72. The van der Waals surface area contributed by atoms with Crippen LogP contribution in [0.15, 0.2) is 36.7 Å². The van der Waals surface area contributed by atoms with E-state index in [0.29, 0.717) is 6.54 Å². The van der Waals surface area contributed by atoms with Crippen molar-refractivity contribution in [2.75, 3.05) is 18.0 Å². The molecule has 2 heterocycles. The SMILES string of the molecule is O=[N+]([O-])c1cnn(CCN2CCc3ccccc32)c1. The van der Waals surface area contributed by atoms with E-state index in [1.807, 2.05) is 6.07 Å². The lowest BCUT2D eigenvalue weighted by atomic mass is 10.2. The fourth-order valence-electron chi connectivity index (χ4n) is 2.43. The Morgan fingerprint density at radius 3 is 2.95 bits per heavy atom. The zero-order valence-corrected chi connectivity index (χ0v) is 10.4. The molecule has 6 nitrogen and oxygen atoms in total. The van der Waals surface area contributed by atoms with Crippen LogP contribution in [0, 0.1) is 10.1 Å². The zero-order valence-electron chi connectivity index (χ0n) is 10.4. The molecule has 0 bridgehead atoms. The number of aromatic nitrogens is 2. The van der Waals surface area contributed by atoms with Gasteiger partial charge in [0.05, 0.1) is 11.5 Å². The smallest absolute Gasteiger partial charge is 0.306 e. The Kier molecular flexibility index (Phi) is 2.91. The summed E-state index contributed by atoms with van der Waals surface area (Å²) in [7, 11) is 0. The van der Waals surface area contributed by atoms with Crippen LogP contribution in [0.1, 0.15) is 5.56 Å². The Morgan fingerprint density at radius 1 is 1.32 bits per heavy atom. The van der Waals surface area contributed by atoms with Crippen molar-refractivity contribution in [1.29, 1.82) is 0 Å². The molecule has 0 aliphatic carbocycles. The van der Waals surface area contributed by atoms with Gasteiger partial charge in [0.1, 0.15) is 12.4 Å². The van der Waals surface area contributed by atoms with E-state index in [-0.39, 0.29) is 5.69 Å². The highest BCUT2D eigenvalue weighted by Gasteiger charge is 2.18. The Balaban J connectivity index is 1.65. The van der Waals surface area contributed by atoms with Crippen molar-refractivity contribution in [3.63, 3.8) is 0 Å². The molecular formula is C13H14N4O2. The summed E-state index contributed by atoms with van der Waals surface area (Å²) < 4.78 is 1.62. The highest BCUT2D eigenvalue weighted by molar-refractivity contribution is 5.57. The van der Waals surface area contributed by atoms with Crippen LogP contribution in [-0.2, 0) is 13.0 Å². The third-order valence-corrected chi connectivity index (χ3v) is 3.41. The summed E-state index contributed by atoms with van der Waals surface area (Å²) in [4.78, 5) is 12.5. The average Bonchev–Trinajstić information content (AvgIpc) is 3.03. The van der Waals surface area contributed by atoms with Gasteiger partial charge in [-0.3, -0.25) is 14.8 Å². The molecule has 1 aromatic heterocycles. The van der Waals surface area contributed by atoms with Gasteiger partial charge in [0.15, 0.2) is 0 Å². The molecule has 0 radical (unpaired) electrons. The maximum absolute atomic E-state index is 10.6. The molecule has 0 unspecified atom stereocenters. The van der Waals surface area contributed by atoms with E-state index in [9.17, 15) is 10.1 Å². The van der Waals surface area contributed by atoms with E-state index in [4.69, 9.17) is 0 Å². The number of hydrogen-bond donors (Lipinski definition) is 0. The van der Waals surface area contributed by atoms with E-state index in [2.05, 4.69) is 28.2 Å². The summed E-state index contributed by atoms with van der Waals surface area (Å²) in [6.07, 6.45) is 3.83. The molecule has 19 heavy (non-hydrogen) atoms. The second-order valence-corrected chi connectivity index (χ2v) is 4.58. The molecule has 3 rings (SSSR count). The number of anilines is 1. The molecule has 0 saturated heterocycles. The third-order valence-electron chi connectivity index (χ3n) is 3.41. The highest BCUT2D eigenvalue weighted by atomic mass is 16.6. The fraction of sp³-hybridized carbons (Fsp3) is 0.308. The molecule has 1 aliphatic heterocycles. The monoisotopic (exact) mass is 258 g/mol. The van der Waals surface area contributed by atoms with Crippen molar-refractivity contribution < 1.29 is 4.92 Å². The summed E-state index contributed by atoms with van der Waals surface area (Å²) in [5.74, 6) is 0. The molecule has 0 N–H and O–H groups in total. The van der Waals surface area contributed by atoms with E-state index in [1.54, 1.807) is 4.68 Å². The minimum Gasteiger partial charge on any atom is -0.369 e. The maximum Gasteiger partial charge on any atom is 0.306 e. The lowest BCUT2D eigenvalue weighted by Gasteiger charge is -2.18. The van der Waals surface area contributed by atoms with Crippen molar-refractivity contribution in [1.82, 2.24) is 9.78 Å². The first kappa shape index (κ1) is 11.7. The lowest BCUT2D eigenvalue weighted by molar-refractivity contribution is -0.385. The van der Waals surface area contributed by atoms with Crippen LogP contribution in [0.25, 0.3) is 0 Å². The molecule has 0 spiro atoms. The van der Waals surface area contributed by atoms with Gasteiger partial charge in [-0.25, -0.2) is 0 Å². The number of fused-ring (bicyclic) bond motifs is 1. The first-order chi connectivity index (χ1) is 9.24. The highest BCUT2D eigenvalue weighted by Crippen LogP contribution is 2.26. The van der Waals surface area contributed by atoms with Gasteiger partial charge in [-0.05, 0) is 18.1 Å². The van der Waals surface area contributed by atoms with Gasteiger partial charge < -0.3 is 4.90 Å². The van der Waals surface area contributed by atoms with Crippen molar-refractivity contribution in [2.45, 2.75) is 13.0 Å². The minimum atomic E-state index is -0.422. The van der Waals surface area contributed by atoms with Gasteiger partial charge in [-0.2, -0.15) is 5.10 Å². The molecule has 1 aliphatic rings. The van der Waals surface area contributed by atoms with Crippen molar-refractivity contribution in [3.8, 4) is 0 Å². The number of nitrogens with zero attached hydrogens (tertiary/aromatic N) is 4. The van der Waals surface area contributed by atoms with Gasteiger partial charge in [0.25, 0.3) is 0 Å². The topological polar surface area (TPSA) is 64.2 Å². The predicted octanol–water partition coefficient (Wildman–Crippen LogP) is 1.85. The Bertz CT molecular complexity index is 608. The molecule has 0 amide bonds. The molecule has 0 saturated carbocycles. The summed E-state index contributed by atoms with van der Waals surface area (Å²) in [6.45, 7) is 2.47. The summed E-state index contributed by atoms with van der Waals surface area (Å²) in [5, 5.41) is 14.6. The predicted molar refractivity (Wildman–Crippen MR) is 71.2 cm³/mol. The van der Waals surface area contributed by atoms with Gasteiger partial charge in [-0.1, -0.05) is 18.2 Å². The quantitative estimate of drug-likeness (QED) is 0.620. The van der Waals surface area contributed by atoms with Crippen molar-refractivity contribution in [2.24, 2.45) is 0 Å². The van der Waals surface area contributed by atoms with Crippen LogP contribution in [0.2, 0.25) is 0 Å². The van der Waals surface area contributed by atoms with Crippen molar-refractivity contribution in [3.05, 3.63) is 52.3 Å². The number of nitro groups is 1. The van der Waals surface area contributed by atoms with Crippen molar-refractivity contribution >= 4 is 11.4 Å². The molecule has 98 valence electrons. The number of benzene rings is 1. The van der Waals surface area contributed by atoms with Crippen LogP contribution in [0.4, 0.5) is 11.4 Å². The Morgan fingerprint density at radius 2 is 2.16 bits per heavy atom. The minimum absolute atomic E-state index is 0.0434.